The number of aliphatic hydroxyl groups excluding tert-OH is 2. The van der Waals surface area contributed by atoms with Crippen molar-refractivity contribution in [3.63, 3.8) is 0 Å². The highest BCUT2D eigenvalue weighted by Crippen LogP contribution is 2.32. The van der Waals surface area contributed by atoms with Crippen molar-refractivity contribution in [2.45, 2.75) is 50.2 Å². The summed E-state index contributed by atoms with van der Waals surface area (Å²) in [6.45, 7) is 0.116. The fourth-order valence-corrected chi connectivity index (χ4v) is 3.15. The number of imidazole rings is 1. The molecule has 7 N–H and O–H groups in total. The molecule has 2 amide bonds. The molecule has 1 fully saturated rings. The van der Waals surface area contributed by atoms with E-state index in [1.165, 1.54) is 17.2 Å². The Morgan fingerprint density at radius 1 is 1.20 bits per heavy atom. The van der Waals surface area contributed by atoms with Gasteiger partial charge < -0.3 is 36.5 Å². The van der Waals surface area contributed by atoms with Gasteiger partial charge in [0.15, 0.2) is 17.7 Å². The zero-order chi connectivity index (χ0) is 21.7. The van der Waals surface area contributed by atoms with Crippen LogP contribution in [-0.2, 0) is 14.3 Å². The number of hydrogen-bond donors (Lipinski definition) is 5. The normalized spacial score (nSPS) is 23.5. The second kappa shape index (κ2) is 9.65. The Hall–Kier alpha value is -3.03. The second-order valence-corrected chi connectivity index (χ2v) is 6.93. The van der Waals surface area contributed by atoms with Crippen LogP contribution in [0.1, 0.15) is 31.9 Å². The van der Waals surface area contributed by atoms with Gasteiger partial charge in [-0.05, 0) is 12.8 Å². The van der Waals surface area contributed by atoms with E-state index < -0.39 is 30.6 Å². The molecule has 2 aromatic heterocycles. The van der Waals surface area contributed by atoms with E-state index in [0.29, 0.717) is 37.0 Å². The number of hydrogen-bond acceptors (Lipinski definition) is 10. The topological polar surface area (TPSA) is 201 Å². The molecular weight excluding hydrogens is 398 g/mol. The molecule has 2 aromatic rings. The number of aliphatic hydroxyl groups is 2. The lowest BCUT2D eigenvalue weighted by Gasteiger charge is -2.16. The van der Waals surface area contributed by atoms with Crippen LogP contribution in [0.5, 0.6) is 0 Å². The number of rotatable bonds is 9. The molecule has 1 aliphatic rings. The number of unbranched alkanes of at least 4 members (excludes halogenated alkanes) is 2. The monoisotopic (exact) mass is 423 g/mol. The van der Waals surface area contributed by atoms with Crippen LogP contribution in [0.3, 0.4) is 0 Å². The smallest absolute Gasteiger partial charge is 0.407 e. The molecular formula is C17H25N7O6. The van der Waals surface area contributed by atoms with Gasteiger partial charge in [-0.15, -0.1) is 0 Å². The number of carbonyl (C=O) groups excluding carboxylic acids is 2. The number of carbonyl (C=O) groups is 2. The average Bonchev–Trinajstić information content (AvgIpc) is 3.25. The largest absolute Gasteiger partial charge is 0.447 e. The molecule has 0 radical (unpaired) electrons. The zero-order valence-corrected chi connectivity index (χ0v) is 16.2. The predicted octanol–water partition coefficient (Wildman–Crippen LogP) is -1.20. The van der Waals surface area contributed by atoms with Gasteiger partial charge in [0.2, 0.25) is 5.91 Å². The lowest BCUT2D eigenvalue weighted by atomic mass is 10.1. The van der Waals surface area contributed by atoms with E-state index in [2.05, 4.69) is 20.3 Å². The number of fused-ring (bicyclic) bond motifs is 1. The molecule has 0 spiro atoms. The minimum atomic E-state index is -1.29. The van der Waals surface area contributed by atoms with Gasteiger partial charge in [0.05, 0.1) is 6.33 Å². The van der Waals surface area contributed by atoms with Crippen molar-refractivity contribution >= 4 is 29.0 Å². The van der Waals surface area contributed by atoms with Crippen LogP contribution in [0.25, 0.3) is 11.2 Å². The first-order chi connectivity index (χ1) is 14.4. The maximum Gasteiger partial charge on any atom is 0.407 e. The highest BCUT2D eigenvalue weighted by Gasteiger charge is 2.45. The van der Waals surface area contributed by atoms with Crippen LogP contribution in [-0.4, -0.2) is 73.2 Å². The molecule has 3 heterocycles. The molecule has 1 aliphatic heterocycles. The van der Waals surface area contributed by atoms with Crippen molar-refractivity contribution < 1.29 is 29.3 Å². The molecule has 30 heavy (non-hydrogen) atoms. The summed E-state index contributed by atoms with van der Waals surface area (Å²) in [5.41, 5.74) is 11.5. The van der Waals surface area contributed by atoms with Crippen LogP contribution in [0.2, 0.25) is 0 Å². The number of ether oxygens (including phenoxy) is 2. The van der Waals surface area contributed by atoms with Gasteiger partial charge in [0.25, 0.3) is 0 Å². The van der Waals surface area contributed by atoms with Gasteiger partial charge in [0, 0.05) is 13.0 Å². The van der Waals surface area contributed by atoms with Gasteiger partial charge in [-0.25, -0.2) is 19.7 Å². The predicted molar refractivity (Wildman–Crippen MR) is 103 cm³/mol. The number of primary amides is 1. The third-order valence-corrected chi connectivity index (χ3v) is 4.75. The highest BCUT2D eigenvalue weighted by atomic mass is 16.6. The summed E-state index contributed by atoms with van der Waals surface area (Å²) in [4.78, 5) is 34.5. The van der Waals surface area contributed by atoms with E-state index >= 15 is 0 Å². The van der Waals surface area contributed by atoms with Crippen LogP contribution < -0.4 is 16.8 Å². The lowest BCUT2D eigenvalue weighted by molar-refractivity contribution is -0.118. The number of amides is 2. The summed E-state index contributed by atoms with van der Waals surface area (Å²) in [5, 5.41) is 23.2. The summed E-state index contributed by atoms with van der Waals surface area (Å²) in [7, 11) is 0. The van der Waals surface area contributed by atoms with Crippen molar-refractivity contribution in [3.05, 3.63) is 12.7 Å². The quantitative estimate of drug-likeness (QED) is 0.305. The summed E-state index contributed by atoms with van der Waals surface area (Å²) in [6, 6.07) is 0. The first-order valence-electron chi connectivity index (χ1n) is 9.52. The van der Waals surface area contributed by atoms with Crippen molar-refractivity contribution in [2.75, 3.05) is 18.9 Å². The van der Waals surface area contributed by atoms with Gasteiger partial charge in [-0.3, -0.25) is 9.36 Å². The van der Waals surface area contributed by atoms with Crippen LogP contribution in [0, 0.1) is 0 Å². The lowest BCUT2D eigenvalue weighted by Crippen LogP contribution is -2.36. The van der Waals surface area contributed by atoms with Crippen molar-refractivity contribution in [3.8, 4) is 0 Å². The number of aromatic nitrogens is 4. The molecule has 0 bridgehead atoms. The summed E-state index contributed by atoms with van der Waals surface area (Å²) >= 11 is 0. The molecule has 13 heteroatoms. The number of nitrogens with one attached hydrogen (secondary N) is 1. The molecule has 0 aliphatic carbocycles. The Balaban J connectivity index is 1.48. The third kappa shape index (κ3) is 4.93. The minimum Gasteiger partial charge on any atom is -0.447 e. The SMILES string of the molecule is NC(=O)CCCCCNC(=O)OC[C@H]1O[C@@H](n2cnc3c(N)ncnc32)[C@H](O)[C@@H]1O. The van der Waals surface area contributed by atoms with E-state index in [-0.39, 0.29) is 18.3 Å². The highest BCUT2D eigenvalue weighted by molar-refractivity contribution is 5.81. The van der Waals surface area contributed by atoms with E-state index in [0.717, 1.165) is 6.42 Å². The Bertz CT molecular complexity index is 891. The van der Waals surface area contributed by atoms with E-state index in [1.807, 2.05) is 0 Å². The number of alkyl carbamates (subject to hydrolysis) is 1. The van der Waals surface area contributed by atoms with Gasteiger partial charge >= 0.3 is 6.09 Å². The summed E-state index contributed by atoms with van der Waals surface area (Å²) in [6.07, 6.45) is -0.150. The summed E-state index contributed by atoms with van der Waals surface area (Å²) < 4.78 is 12.2. The number of nitrogens with zero attached hydrogens (tertiary/aromatic N) is 4. The van der Waals surface area contributed by atoms with Crippen molar-refractivity contribution in [1.82, 2.24) is 24.8 Å². The molecule has 1 saturated heterocycles. The molecule has 164 valence electrons. The Labute approximate surface area is 171 Å². The van der Waals surface area contributed by atoms with Crippen molar-refractivity contribution in [2.24, 2.45) is 5.73 Å². The zero-order valence-electron chi connectivity index (χ0n) is 16.2. The molecule has 4 atom stereocenters. The Kier molecular flexibility index (Phi) is 6.97. The third-order valence-electron chi connectivity index (χ3n) is 4.75. The maximum atomic E-state index is 11.8. The fourth-order valence-electron chi connectivity index (χ4n) is 3.15. The molecule has 0 unspecified atom stereocenters. The number of nitrogens with two attached hydrogens (primary N) is 2. The maximum absolute atomic E-state index is 11.8. The van der Waals surface area contributed by atoms with Crippen LogP contribution in [0.15, 0.2) is 12.7 Å². The molecule has 0 saturated carbocycles. The average molecular weight is 423 g/mol. The first kappa shape index (κ1) is 21.7. The fraction of sp³-hybridized carbons (Fsp3) is 0.588. The Morgan fingerprint density at radius 3 is 2.77 bits per heavy atom. The molecule has 0 aromatic carbocycles. The molecule has 13 nitrogen and oxygen atoms in total. The van der Waals surface area contributed by atoms with Crippen LogP contribution in [0.4, 0.5) is 10.6 Å². The van der Waals surface area contributed by atoms with E-state index in [1.54, 1.807) is 0 Å². The standard InChI is InChI=1S/C17H25N7O6/c18-10(25)4-2-1-3-5-20-17(28)29-6-9-12(26)13(27)16(30-9)24-8-23-11-14(19)21-7-22-15(11)24/h7-9,12-13,16,26-27H,1-6H2,(H2,18,25)(H,20,28)(H2,19,21,22)/t9-,12-,13-,16-/m1/s1. The van der Waals surface area contributed by atoms with E-state index in [4.69, 9.17) is 20.9 Å². The van der Waals surface area contributed by atoms with Crippen LogP contribution >= 0.6 is 0 Å². The second-order valence-electron chi connectivity index (χ2n) is 6.93. The minimum absolute atomic E-state index is 0.179. The number of anilines is 1. The number of nitrogen functional groups attached to an aromatic ring is 1. The van der Waals surface area contributed by atoms with E-state index in [9.17, 15) is 19.8 Å². The van der Waals surface area contributed by atoms with Gasteiger partial charge in [-0.1, -0.05) is 6.42 Å². The van der Waals surface area contributed by atoms with Crippen molar-refractivity contribution in [1.29, 1.82) is 0 Å². The first-order valence-corrected chi connectivity index (χ1v) is 9.52. The van der Waals surface area contributed by atoms with Gasteiger partial charge in [0.1, 0.15) is 36.8 Å². The molecule has 3 rings (SSSR count). The summed E-state index contributed by atoms with van der Waals surface area (Å²) in [5.74, 6) is -0.171. The van der Waals surface area contributed by atoms with Gasteiger partial charge in [-0.2, -0.15) is 0 Å². The Morgan fingerprint density at radius 2 is 2.00 bits per heavy atom.